The molecule has 1 fully saturated rings. The second-order valence-corrected chi connectivity index (χ2v) is 5.94. The average molecular weight is 264 g/mol. The molecule has 1 aliphatic rings. The highest BCUT2D eigenvalue weighted by Gasteiger charge is 2.27. The van der Waals surface area contributed by atoms with Crippen molar-refractivity contribution in [3.8, 4) is 0 Å². The van der Waals surface area contributed by atoms with Gasteiger partial charge in [-0.25, -0.2) is 0 Å². The van der Waals surface area contributed by atoms with E-state index in [-0.39, 0.29) is 0 Å². The minimum absolute atomic E-state index is 0.569. The zero-order valence-corrected chi connectivity index (χ0v) is 12.6. The standard InChI is InChI=1S/C15H28N4/c1-4-12-6-8-13(9-7-12)15(16-5-2)10-14-11-19(3)18-17-14/h11-13,15-16H,4-10H2,1-3H3. The minimum atomic E-state index is 0.569. The zero-order chi connectivity index (χ0) is 13.7. The van der Waals surface area contributed by atoms with Crippen molar-refractivity contribution in [3.05, 3.63) is 11.9 Å². The van der Waals surface area contributed by atoms with Gasteiger partial charge in [0.2, 0.25) is 0 Å². The van der Waals surface area contributed by atoms with Crippen molar-refractivity contribution in [2.45, 2.75) is 58.4 Å². The molecule has 1 saturated carbocycles. The van der Waals surface area contributed by atoms with Crippen LogP contribution < -0.4 is 5.32 Å². The molecule has 1 atom stereocenters. The maximum Gasteiger partial charge on any atom is 0.0842 e. The van der Waals surface area contributed by atoms with E-state index in [9.17, 15) is 0 Å². The van der Waals surface area contributed by atoms with Gasteiger partial charge in [0.1, 0.15) is 0 Å². The quantitative estimate of drug-likeness (QED) is 0.858. The Bertz CT molecular complexity index is 366. The molecule has 1 unspecified atom stereocenters. The number of nitrogens with one attached hydrogen (secondary N) is 1. The molecule has 108 valence electrons. The highest BCUT2D eigenvalue weighted by Crippen LogP contribution is 2.33. The summed E-state index contributed by atoms with van der Waals surface area (Å²) in [4.78, 5) is 0. The molecule has 1 aliphatic carbocycles. The fourth-order valence-electron chi connectivity index (χ4n) is 3.38. The van der Waals surface area contributed by atoms with E-state index in [1.807, 2.05) is 13.2 Å². The summed E-state index contributed by atoms with van der Waals surface area (Å²) in [6, 6.07) is 0.569. The number of hydrogen-bond donors (Lipinski definition) is 1. The predicted molar refractivity (Wildman–Crippen MR) is 77.9 cm³/mol. The maximum atomic E-state index is 4.24. The third-order valence-electron chi connectivity index (χ3n) is 4.58. The Balaban J connectivity index is 1.92. The van der Waals surface area contributed by atoms with Gasteiger partial charge in [0.05, 0.1) is 5.69 Å². The highest BCUT2D eigenvalue weighted by atomic mass is 15.4. The van der Waals surface area contributed by atoms with Gasteiger partial charge in [0.25, 0.3) is 0 Å². The molecule has 0 spiro atoms. The summed E-state index contributed by atoms with van der Waals surface area (Å²) >= 11 is 0. The molecule has 0 aromatic carbocycles. The Morgan fingerprint density at radius 1 is 1.32 bits per heavy atom. The summed E-state index contributed by atoms with van der Waals surface area (Å²) in [5.74, 6) is 1.78. The molecule has 0 saturated heterocycles. The summed E-state index contributed by atoms with van der Waals surface area (Å²) in [5, 5.41) is 11.9. The SMILES string of the molecule is CCNC(Cc1cn(C)nn1)C1CCC(CC)CC1. The fourth-order valence-corrected chi connectivity index (χ4v) is 3.38. The number of hydrogen-bond acceptors (Lipinski definition) is 3. The van der Waals surface area contributed by atoms with Gasteiger partial charge in [-0.2, -0.15) is 0 Å². The summed E-state index contributed by atoms with van der Waals surface area (Å²) in [7, 11) is 1.94. The number of rotatable bonds is 6. The molecule has 1 heterocycles. The van der Waals surface area contributed by atoms with Gasteiger partial charge in [-0.3, -0.25) is 4.68 Å². The van der Waals surface area contributed by atoms with E-state index < -0.39 is 0 Å². The lowest BCUT2D eigenvalue weighted by Gasteiger charge is -2.33. The smallest absolute Gasteiger partial charge is 0.0842 e. The van der Waals surface area contributed by atoms with E-state index in [0.29, 0.717) is 6.04 Å². The van der Waals surface area contributed by atoms with E-state index >= 15 is 0 Å². The third kappa shape index (κ3) is 4.03. The molecule has 0 amide bonds. The van der Waals surface area contributed by atoms with Gasteiger partial charge in [-0.05, 0) is 31.2 Å². The van der Waals surface area contributed by atoms with Crippen LogP contribution in [0.4, 0.5) is 0 Å². The number of nitrogens with zero attached hydrogens (tertiary/aromatic N) is 3. The predicted octanol–water partition coefficient (Wildman–Crippen LogP) is 2.55. The van der Waals surface area contributed by atoms with Crippen LogP contribution in [0.2, 0.25) is 0 Å². The number of aryl methyl sites for hydroxylation is 1. The molecule has 2 rings (SSSR count). The lowest BCUT2D eigenvalue weighted by molar-refractivity contribution is 0.217. The molecule has 0 aliphatic heterocycles. The van der Waals surface area contributed by atoms with Gasteiger partial charge < -0.3 is 5.32 Å². The van der Waals surface area contributed by atoms with Crippen LogP contribution in [-0.2, 0) is 13.5 Å². The van der Waals surface area contributed by atoms with Crippen LogP contribution in [0.15, 0.2) is 6.20 Å². The third-order valence-corrected chi connectivity index (χ3v) is 4.58. The van der Waals surface area contributed by atoms with E-state index in [0.717, 1.165) is 30.5 Å². The monoisotopic (exact) mass is 264 g/mol. The molecule has 0 radical (unpaired) electrons. The number of aromatic nitrogens is 3. The lowest BCUT2D eigenvalue weighted by Crippen LogP contribution is -2.39. The molecule has 4 nitrogen and oxygen atoms in total. The first kappa shape index (κ1) is 14.5. The first-order chi connectivity index (χ1) is 9.22. The summed E-state index contributed by atoms with van der Waals surface area (Å²) in [6.07, 6.45) is 9.97. The van der Waals surface area contributed by atoms with Crippen LogP contribution in [0, 0.1) is 11.8 Å². The van der Waals surface area contributed by atoms with Crippen LogP contribution in [0.1, 0.15) is 51.6 Å². The fraction of sp³-hybridized carbons (Fsp3) is 0.867. The second-order valence-electron chi connectivity index (χ2n) is 5.94. The topological polar surface area (TPSA) is 42.7 Å². The Labute approximate surface area is 117 Å². The Kier molecular flexibility index (Phi) is 5.37. The van der Waals surface area contributed by atoms with Crippen molar-refractivity contribution >= 4 is 0 Å². The van der Waals surface area contributed by atoms with E-state index in [4.69, 9.17) is 0 Å². The van der Waals surface area contributed by atoms with E-state index in [2.05, 4.69) is 29.5 Å². The molecule has 4 heteroatoms. The van der Waals surface area contributed by atoms with Crippen molar-refractivity contribution in [2.75, 3.05) is 6.54 Å². The van der Waals surface area contributed by atoms with Crippen molar-refractivity contribution in [1.82, 2.24) is 20.3 Å². The van der Waals surface area contributed by atoms with Crippen LogP contribution in [0.25, 0.3) is 0 Å². The highest BCUT2D eigenvalue weighted by molar-refractivity contribution is 4.98. The van der Waals surface area contributed by atoms with Crippen LogP contribution in [0.3, 0.4) is 0 Å². The minimum Gasteiger partial charge on any atom is -0.314 e. The van der Waals surface area contributed by atoms with Crippen LogP contribution in [0.5, 0.6) is 0 Å². The summed E-state index contributed by atoms with van der Waals surface area (Å²) < 4.78 is 1.80. The molecule has 19 heavy (non-hydrogen) atoms. The van der Waals surface area contributed by atoms with Crippen molar-refractivity contribution < 1.29 is 0 Å². The van der Waals surface area contributed by atoms with Crippen LogP contribution >= 0.6 is 0 Å². The largest absolute Gasteiger partial charge is 0.314 e. The summed E-state index contributed by atoms with van der Waals surface area (Å²) in [6.45, 7) is 5.56. The number of likely N-dealkylation sites (N-methyl/N-ethyl adjacent to an activating group) is 1. The maximum absolute atomic E-state index is 4.24. The first-order valence-corrected chi connectivity index (χ1v) is 7.81. The van der Waals surface area contributed by atoms with Gasteiger partial charge >= 0.3 is 0 Å². The molecule has 1 aromatic heterocycles. The molecule has 0 bridgehead atoms. The van der Waals surface area contributed by atoms with Crippen molar-refractivity contribution in [1.29, 1.82) is 0 Å². The molecular weight excluding hydrogens is 236 g/mol. The second kappa shape index (κ2) is 7.04. The van der Waals surface area contributed by atoms with Gasteiger partial charge in [0, 0.05) is 25.7 Å². The normalized spacial score (nSPS) is 25.4. The average Bonchev–Trinajstić information content (AvgIpc) is 2.84. The van der Waals surface area contributed by atoms with Crippen LogP contribution in [-0.4, -0.2) is 27.6 Å². The van der Waals surface area contributed by atoms with Crippen molar-refractivity contribution in [2.24, 2.45) is 18.9 Å². The summed E-state index contributed by atoms with van der Waals surface area (Å²) in [5.41, 5.74) is 1.12. The van der Waals surface area contributed by atoms with Crippen molar-refractivity contribution in [3.63, 3.8) is 0 Å². The van der Waals surface area contributed by atoms with E-state index in [1.165, 1.54) is 32.1 Å². The Morgan fingerprint density at radius 2 is 2.05 bits per heavy atom. The lowest BCUT2D eigenvalue weighted by atomic mass is 9.76. The molecular formula is C15H28N4. The molecule has 1 aromatic rings. The Morgan fingerprint density at radius 3 is 2.58 bits per heavy atom. The van der Waals surface area contributed by atoms with Gasteiger partial charge in [-0.1, -0.05) is 38.3 Å². The van der Waals surface area contributed by atoms with Gasteiger partial charge in [-0.15, -0.1) is 5.10 Å². The first-order valence-electron chi connectivity index (χ1n) is 7.81. The molecule has 1 N–H and O–H groups in total. The zero-order valence-electron chi connectivity index (χ0n) is 12.6. The van der Waals surface area contributed by atoms with Gasteiger partial charge in [0.15, 0.2) is 0 Å². The van der Waals surface area contributed by atoms with E-state index in [1.54, 1.807) is 4.68 Å². The Hall–Kier alpha value is -0.900.